The predicted octanol–water partition coefficient (Wildman–Crippen LogP) is -1.73. The molecule has 0 bridgehead atoms. The molecule has 0 aromatic rings. The minimum absolute atomic E-state index is 0.165. The average molecular weight is 231 g/mol. The molecule has 7 heteroatoms. The van der Waals surface area contributed by atoms with E-state index in [9.17, 15) is 9.59 Å². The Kier molecular flexibility index (Phi) is 4.22. The molecular weight excluding hydrogens is 214 g/mol. The van der Waals surface area contributed by atoms with Crippen molar-refractivity contribution < 1.29 is 19.8 Å². The molecule has 6 N–H and O–H groups in total. The molecule has 1 aliphatic rings. The van der Waals surface area contributed by atoms with Gasteiger partial charge >= 0.3 is 11.9 Å². The smallest absolute Gasteiger partial charge is 0.320 e. The molecule has 1 heterocycles. The lowest BCUT2D eigenvalue weighted by Crippen LogP contribution is -2.40. The molecule has 0 aromatic heterocycles. The highest BCUT2D eigenvalue weighted by Crippen LogP contribution is 2.17. The maximum absolute atomic E-state index is 10.9. The van der Waals surface area contributed by atoms with Crippen molar-refractivity contribution in [3.8, 4) is 0 Å². The van der Waals surface area contributed by atoms with Crippen LogP contribution in [-0.4, -0.2) is 58.3 Å². The summed E-state index contributed by atoms with van der Waals surface area (Å²) in [7, 11) is 0. The highest BCUT2D eigenvalue weighted by molar-refractivity contribution is 5.74. The number of nitrogens with zero attached hydrogens (tertiary/aromatic N) is 1. The van der Waals surface area contributed by atoms with Crippen molar-refractivity contribution >= 4 is 11.9 Å². The highest BCUT2D eigenvalue weighted by atomic mass is 16.4. The van der Waals surface area contributed by atoms with Gasteiger partial charge in [0, 0.05) is 19.1 Å². The normalized spacial score (nSPS) is 27.9. The Morgan fingerprint density at radius 1 is 1.44 bits per heavy atom. The fraction of sp³-hybridized carbons (Fsp3) is 0.778. The molecule has 1 saturated heterocycles. The second kappa shape index (κ2) is 5.24. The number of carboxylic acid groups (broad SMARTS) is 2. The van der Waals surface area contributed by atoms with Gasteiger partial charge < -0.3 is 21.7 Å². The van der Waals surface area contributed by atoms with Gasteiger partial charge in [-0.15, -0.1) is 0 Å². The van der Waals surface area contributed by atoms with E-state index in [4.69, 9.17) is 21.7 Å². The van der Waals surface area contributed by atoms with Gasteiger partial charge in [-0.3, -0.25) is 14.5 Å². The number of carbonyl (C=O) groups is 2. The van der Waals surface area contributed by atoms with Crippen LogP contribution < -0.4 is 11.5 Å². The lowest BCUT2D eigenvalue weighted by atomic mass is 10.1. The zero-order valence-corrected chi connectivity index (χ0v) is 8.87. The summed E-state index contributed by atoms with van der Waals surface area (Å²) >= 11 is 0. The first-order chi connectivity index (χ1) is 7.41. The number of carboxylic acids is 2. The minimum Gasteiger partial charge on any atom is -0.480 e. The number of nitrogens with two attached hydrogens (primary N) is 2. The maximum Gasteiger partial charge on any atom is 0.320 e. The largest absolute Gasteiger partial charge is 0.480 e. The first-order valence-electron chi connectivity index (χ1n) is 5.12. The Balaban J connectivity index is 2.46. The summed E-state index contributed by atoms with van der Waals surface area (Å²) < 4.78 is 0. The van der Waals surface area contributed by atoms with Crippen molar-refractivity contribution in [3.05, 3.63) is 0 Å². The van der Waals surface area contributed by atoms with Crippen LogP contribution in [0.15, 0.2) is 0 Å². The zero-order chi connectivity index (χ0) is 12.3. The van der Waals surface area contributed by atoms with Crippen LogP contribution in [0.4, 0.5) is 0 Å². The van der Waals surface area contributed by atoms with Crippen LogP contribution in [0.25, 0.3) is 0 Å². The second-order valence-electron chi connectivity index (χ2n) is 4.08. The van der Waals surface area contributed by atoms with E-state index >= 15 is 0 Å². The molecule has 0 aromatic carbocycles. The van der Waals surface area contributed by atoms with Gasteiger partial charge in [-0.1, -0.05) is 0 Å². The third-order valence-electron chi connectivity index (χ3n) is 2.77. The van der Waals surface area contributed by atoms with Crippen molar-refractivity contribution in [3.63, 3.8) is 0 Å². The Morgan fingerprint density at radius 2 is 2.06 bits per heavy atom. The number of rotatable bonds is 5. The summed E-state index contributed by atoms with van der Waals surface area (Å²) in [5.74, 6) is -1.99. The van der Waals surface area contributed by atoms with Crippen molar-refractivity contribution in [2.75, 3.05) is 13.1 Å². The second-order valence-corrected chi connectivity index (χ2v) is 4.08. The molecule has 0 spiro atoms. The summed E-state index contributed by atoms with van der Waals surface area (Å²) in [4.78, 5) is 23.1. The molecule has 1 fully saturated rings. The van der Waals surface area contributed by atoms with E-state index in [1.807, 2.05) is 0 Å². The van der Waals surface area contributed by atoms with Crippen molar-refractivity contribution in [2.24, 2.45) is 11.5 Å². The van der Waals surface area contributed by atoms with Crippen molar-refractivity contribution in [1.29, 1.82) is 0 Å². The number of hydrogen-bond donors (Lipinski definition) is 4. The van der Waals surface area contributed by atoms with Gasteiger partial charge in [0.25, 0.3) is 0 Å². The molecule has 7 nitrogen and oxygen atoms in total. The quantitative estimate of drug-likeness (QED) is 0.442. The van der Waals surface area contributed by atoms with Gasteiger partial charge in [0.2, 0.25) is 0 Å². The molecule has 0 saturated carbocycles. The number of hydrogen-bond acceptors (Lipinski definition) is 5. The Bertz CT molecular complexity index is 284. The van der Waals surface area contributed by atoms with Crippen LogP contribution in [-0.2, 0) is 9.59 Å². The first-order valence-corrected chi connectivity index (χ1v) is 5.12. The standard InChI is InChI=1S/C9H17N3O4/c10-5-3-7(9(15)16)12(4-5)2-1-6(11)8(13)14/h5-7H,1-4,10-11H2,(H,13,14)(H,15,16)/t5?,6-,7-/m0/s1. The molecule has 0 aliphatic carbocycles. The van der Waals surface area contributed by atoms with Gasteiger partial charge in [-0.2, -0.15) is 0 Å². The summed E-state index contributed by atoms with van der Waals surface area (Å²) in [6.07, 6.45) is 0.628. The summed E-state index contributed by atoms with van der Waals surface area (Å²) in [6, 6.07) is -1.73. The van der Waals surface area contributed by atoms with E-state index in [0.29, 0.717) is 19.5 Å². The maximum atomic E-state index is 10.9. The van der Waals surface area contributed by atoms with E-state index in [0.717, 1.165) is 0 Å². The van der Waals surface area contributed by atoms with Gasteiger partial charge in [-0.25, -0.2) is 0 Å². The molecule has 1 aliphatic heterocycles. The van der Waals surface area contributed by atoms with Crippen LogP contribution in [0.1, 0.15) is 12.8 Å². The molecule has 92 valence electrons. The topological polar surface area (TPSA) is 130 Å². The van der Waals surface area contributed by atoms with E-state index in [1.54, 1.807) is 4.90 Å². The van der Waals surface area contributed by atoms with Crippen LogP contribution >= 0.6 is 0 Å². The molecule has 0 amide bonds. The fourth-order valence-electron chi connectivity index (χ4n) is 1.87. The lowest BCUT2D eigenvalue weighted by molar-refractivity contribution is -0.142. The lowest BCUT2D eigenvalue weighted by Gasteiger charge is -2.21. The Morgan fingerprint density at radius 3 is 2.56 bits per heavy atom. The zero-order valence-electron chi connectivity index (χ0n) is 8.87. The molecule has 16 heavy (non-hydrogen) atoms. The van der Waals surface area contributed by atoms with Gasteiger partial charge in [0.15, 0.2) is 0 Å². The van der Waals surface area contributed by atoms with E-state index in [2.05, 4.69) is 0 Å². The first kappa shape index (κ1) is 12.9. The average Bonchev–Trinajstić information content (AvgIpc) is 2.56. The third-order valence-corrected chi connectivity index (χ3v) is 2.77. The monoisotopic (exact) mass is 231 g/mol. The third kappa shape index (κ3) is 3.16. The molecule has 1 rings (SSSR count). The van der Waals surface area contributed by atoms with Crippen LogP contribution in [0, 0.1) is 0 Å². The summed E-state index contributed by atoms with van der Waals surface area (Å²) in [6.45, 7) is 0.821. The van der Waals surface area contributed by atoms with E-state index < -0.39 is 24.0 Å². The fourth-order valence-corrected chi connectivity index (χ4v) is 1.87. The Labute approximate surface area is 93.0 Å². The molecule has 1 unspecified atom stereocenters. The molecule has 0 radical (unpaired) electrons. The number of aliphatic carboxylic acids is 2. The number of likely N-dealkylation sites (tertiary alicyclic amines) is 1. The van der Waals surface area contributed by atoms with Gasteiger partial charge in [0.1, 0.15) is 12.1 Å². The van der Waals surface area contributed by atoms with Crippen molar-refractivity contribution in [1.82, 2.24) is 4.90 Å². The summed E-state index contributed by atoms with van der Waals surface area (Å²) in [5, 5.41) is 17.5. The minimum atomic E-state index is -1.07. The van der Waals surface area contributed by atoms with Gasteiger partial charge in [0.05, 0.1) is 0 Å². The summed E-state index contributed by atoms with van der Waals surface area (Å²) in [5.41, 5.74) is 11.0. The van der Waals surface area contributed by atoms with E-state index in [-0.39, 0.29) is 12.5 Å². The van der Waals surface area contributed by atoms with Crippen LogP contribution in [0.5, 0.6) is 0 Å². The van der Waals surface area contributed by atoms with Crippen molar-refractivity contribution in [2.45, 2.75) is 31.0 Å². The molecular formula is C9H17N3O4. The molecule has 3 atom stereocenters. The SMILES string of the molecule is NC1C[C@@H](C(=O)O)N(CC[C@H](N)C(=O)O)C1. The van der Waals surface area contributed by atoms with Crippen LogP contribution in [0.2, 0.25) is 0 Å². The van der Waals surface area contributed by atoms with Gasteiger partial charge in [-0.05, 0) is 12.8 Å². The highest BCUT2D eigenvalue weighted by Gasteiger charge is 2.35. The van der Waals surface area contributed by atoms with E-state index in [1.165, 1.54) is 0 Å². The predicted molar refractivity (Wildman–Crippen MR) is 55.8 cm³/mol. The Hall–Kier alpha value is -1.18. The van der Waals surface area contributed by atoms with Crippen LogP contribution in [0.3, 0.4) is 0 Å².